The van der Waals surface area contributed by atoms with Gasteiger partial charge in [0.1, 0.15) is 5.60 Å². The summed E-state index contributed by atoms with van der Waals surface area (Å²) in [6.45, 7) is 7.40. The van der Waals surface area contributed by atoms with Crippen LogP contribution in [0, 0.1) is 5.92 Å². The number of rotatable bonds is 4. The van der Waals surface area contributed by atoms with Gasteiger partial charge in [-0.05, 0) is 45.6 Å². The van der Waals surface area contributed by atoms with E-state index in [4.69, 9.17) is 14.2 Å². The first-order chi connectivity index (χ1) is 13.3. The molecule has 1 N–H and O–H groups in total. The number of likely N-dealkylation sites (tertiary alicyclic amines) is 1. The van der Waals surface area contributed by atoms with Crippen LogP contribution in [0.25, 0.3) is 10.9 Å². The number of carbonyl (C=O) groups excluding carboxylic acids is 1. The number of ether oxygens (including phenoxy) is 3. The fourth-order valence-electron chi connectivity index (χ4n) is 3.16. The van der Waals surface area contributed by atoms with E-state index in [1.165, 1.54) is 13.4 Å². The molecule has 0 saturated carbocycles. The molecule has 1 aromatic carbocycles. The van der Waals surface area contributed by atoms with Gasteiger partial charge < -0.3 is 24.1 Å². The van der Waals surface area contributed by atoms with Crippen molar-refractivity contribution in [2.24, 2.45) is 5.92 Å². The lowest BCUT2D eigenvalue weighted by Gasteiger charge is -2.33. The number of methoxy groups -OCH3 is 1. The van der Waals surface area contributed by atoms with Crippen LogP contribution < -0.4 is 15.0 Å². The van der Waals surface area contributed by atoms with Gasteiger partial charge in [-0.2, -0.15) is 0 Å². The molecule has 2 aromatic rings. The maximum absolute atomic E-state index is 12.2. The van der Waals surface area contributed by atoms with Crippen LogP contribution >= 0.6 is 0 Å². The molecule has 1 aliphatic rings. The average molecular weight is 389 g/mol. The highest BCUT2D eigenvalue weighted by Crippen LogP contribution is 2.31. The molecule has 8 heteroatoms. The lowest BCUT2D eigenvalue weighted by atomic mass is 9.98. The second-order valence-electron chi connectivity index (χ2n) is 7.97. The van der Waals surface area contributed by atoms with Gasteiger partial charge in [0.25, 0.3) is 5.56 Å². The molecule has 28 heavy (non-hydrogen) atoms. The topological polar surface area (TPSA) is 93.8 Å². The number of hydrogen-bond donors (Lipinski definition) is 1. The minimum atomic E-state index is -0.487. The normalized spacial score (nSPS) is 15.5. The van der Waals surface area contributed by atoms with Crippen molar-refractivity contribution < 1.29 is 19.0 Å². The molecule has 0 unspecified atom stereocenters. The molecule has 1 amide bonds. The van der Waals surface area contributed by atoms with Crippen LogP contribution in [0.3, 0.4) is 0 Å². The molecular weight excluding hydrogens is 362 g/mol. The fraction of sp³-hybridized carbons (Fsp3) is 0.550. The fourth-order valence-corrected chi connectivity index (χ4v) is 3.16. The summed E-state index contributed by atoms with van der Waals surface area (Å²) in [6.07, 6.45) is 2.78. The number of nitrogens with zero attached hydrogens (tertiary/aromatic N) is 2. The molecule has 152 valence electrons. The molecule has 1 aliphatic heterocycles. The Morgan fingerprint density at radius 1 is 1.25 bits per heavy atom. The van der Waals surface area contributed by atoms with Crippen molar-refractivity contribution in [2.45, 2.75) is 39.2 Å². The van der Waals surface area contributed by atoms with Gasteiger partial charge >= 0.3 is 6.09 Å². The molecule has 0 radical (unpaired) electrons. The van der Waals surface area contributed by atoms with Gasteiger partial charge in [-0.3, -0.25) is 4.79 Å². The molecule has 0 atom stereocenters. The van der Waals surface area contributed by atoms with Crippen molar-refractivity contribution in [1.82, 2.24) is 14.9 Å². The van der Waals surface area contributed by atoms with E-state index in [0.717, 1.165) is 12.8 Å². The van der Waals surface area contributed by atoms with E-state index in [2.05, 4.69) is 9.97 Å². The number of amides is 1. The standard InChI is InChI=1S/C20H27N3O5/c1-20(2,3)28-19(25)23-7-5-13(6-8-23)11-27-17-10-15-14(9-16(17)26-4)18(24)22-12-21-15/h9-10,12-13H,5-8,11H2,1-4H3,(H,21,22,24). The highest BCUT2D eigenvalue weighted by Gasteiger charge is 2.27. The van der Waals surface area contributed by atoms with Gasteiger partial charge in [0, 0.05) is 19.2 Å². The molecule has 1 aromatic heterocycles. The summed E-state index contributed by atoms with van der Waals surface area (Å²) in [5.74, 6) is 1.38. The Hall–Kier alpha value is -2.77. The number of aromatic amines is 1. The molecule has 0 bridgehead atoms. The van der Waals surface area contributed by atoms with Gasteiger partial charge in [0.2, 0.25) is 0 Å². The molecule has 1 fully saturated rings. The third kappa shape index (κ3) is 4.74. The summed E-state index contributed by atoms with van der Waals surface area (Å²) < 4.78 is 16.8. The zero-order chi connectivity index (χ0) is 20.3. The molecule has 0 spiro atoms. The number of hydrogen-bond acceptors (Lipinski definition) is 6. The van der Waals surface area contributed by atoms with Crippen molar-refractivity contribution in [2.75, 3.05) is 26.8 Å². The Labute approximate surface area is 163 Å². The molecule has 3 rings (SSSR count). The predicted octanol–water partition coefficient (Wildman–Crippen LogP) is 2.96. The van der Waals surface area contributed by atoms with Gasteiger partial charge in [-0.25, -0.2) is 9.78 Å². The zero-order valence-corrected chi connectivity index (χ0v) is 16.8. The summed E-state index contributed by atoms with van der Waals surface area (Å²) >= 11 is 0. The number of H-pyrrole nitrogens is 1. The van der Waals surface area contributed by atoms with Crippen LogP contribution in [0.4, 0.5) is 4.79 Å². The highest BCUT2D eigenvalue weighted by atomic mass is 16.6. The number of fused-ring (bicyclic) bond motifs is 1. The van der Waals surface area contributed by atoms with Gasteiger partial charge in [-0.15, -0.1) is 0 Å². The van der Waals surface area contributed by atoms with Crippen molar-refractivity contribution >= 4 is 17.0 Å². The van der Waals surface area contributed by atoms with Crippen molar-refractivity contribution in [3.63, 3.8) is 0 Å². The number of nitrogens with one attached hydrogen (secondary N) is 1. The third-order valence-electron chi connectivity index (χ3n) is 4.67. The SMILES string of the molecule is COc1cc2c(=O)[nH]cnc2cc1OCC1CCN(C(=O)OC(C)(C)C)CC1. The number of aromatic nitrogens is 2. The summed E-state index contributed by atoms with van der Waals surface area (Å²) in [5.41, 5.74) is -0.150. The Bertz CT molecular complexity index is 895. The molecule has 8 nitrogen and oxygen atoms in total. The minimum Gasteiger partial charge on any atom is -0.493 e. The Balaban J connectivity index is 1.60. The van der Waals surface area contributed by atoms with E-state index in [-0.39, 0.29) is 11.7 Å². The third-order valence-corrected chi connectivity index (χ3v) is 4.67. The zero-order valence-electron chi connectivity index (χ0n) is 16.8. The van der Waals surface area contributed by atoms with Crippen molar-refractivity contribution in [1.29, 1.82) is 0 Å². The van der Waals surface area contributed by atoms with Gasteiger partial charge in [0.15, 0.2) is 11.5 Å². The van der Waals surface area contributed by atoms with E-state index in [0.29, 0.717) is 48.0 Å². The number of piperidine rings is 1. The second-order valence-corrected chi connectivity index (χ2v) is 7.97. The first-order valence-electron chi connectivity index (χ1n) is 9.43. The maximum Gasteiger partial charge on any atom is 0.410 e. The first-order valence-corrected chi connectivity index (χ1v) is 9.43. The van der Waals surface area contributed by atoms with Crippen LogP contribution in [0.5, 0.6) is 11.5 Å². The quantitative estimate of drug-likeness (QED) is 0.864. The van der Waals surface area contributed by atoms with E-state index in [1.54, 1.807) is 17.0 Å². The Morgan fingerprint density at radius 3 is 2.61 bits per heavy atom. The van der Waals surface area contributed by atoms with Crippen molar-refractivity contribution in [3.05, 3.63) is 28.8 Å². The smallest absolute Gasteiger partial charge is 0.410 e. The lowest BCUT2D eigenvalue weighted by Crippen LogP contribution is -2.42. The highest BCUT2D eigenvalue weighted by molar-refractivity contribution is 5.81. The van der Waals surface area contributed by atoms with Gasteiger partial charge in [0.05, 0.1) is 30.9 Å². The Morgan fingerprint density at radius 2 is 1.96 bits per heavy atom. The summed E-state index contributed by atoms with van der Waals surface area (Å²) in [5, 5.41) is 0.456. The molecular formula is C20H27N3O5. The first kappa shape index (κ1) is 20.0. The number of benzene rings is 1. The van der Waals surface area contributed by atoms with Gasteiger partial charge in [-0.1, -0.05) is 0 Å². The Kier molecular flexibility index (Phi) is 5.76. The molecule has 0 aliphatic carbocycles. The van der Waals surface area contributed by atoms with Crippen LogP contribution in [0.15, 0.2) is 23.3 Å². The monoisotopic (exact) mass is 389 g/mol. The number of carbonyl (C=O) groups is 1. The summed E-state index contributed by atoms with van der Waals surface area (Å²) in [7, 11) is 1.54. The van der Waals surface area contributed by atoms with E-state index in [9.17, 15) is 9.59 Å². The van der Waals surface area contributed by atoms with Crippen molar-refractivity contribution in [3.8, 4) is 11.5 Å². The summed E-state index contributed by atoms with van der Waals surface area (Å²) in [6, 6.07) is 3.36. The summed E-state index contributed by atoms with van der Waals surface area (Å²) in [4.78, 5) is 32.5. The molecule has 2 heterocycles. The lowest BCUT2D eigenvalue weighted by molar-refractivity contribution is 0.0164. The molecule has 1 saturated heterocycles. The largest absolute Gasteiger partial charge is 0.493 e. The van der Waals surface area contributed by atoms with Crippen LogP contribution in [0.1, 0.15) is 33.6 Å². The average Bonchev–Trinajstić information content (AvgIpc) is 2.65. The van der Waals surface area contributed by atoms with Crippen LogP contribution in [0.2, 0.25) is 0 Å². The van der Waals surface area contributed by atoms with Crippen LogP contribution in [-0.4, -0.2) is 53.4 Å². The predicted molar refractivity (Wildman–Crippen MR) is 105 cm³/mol. The second kappa shape index (κ2) is 8.08. The van der Waals surface area contributed by atoms with E-state index < -0.39 is 5.60 Å². The van der Waals surface area contributed by atoms with Crippen LogP contribution in [-0.2, 0) is 4.74 Å². The van der Waals surface area contributed by atoms with E-state index in [1.807, 2.05) is 20.8 Å². The minimum absolute atomic E-state index is 0.218. The van der Waals surface area contributed by atoms with E-state index >= 15 is 0 Å². The maximum atomic E-state index is 12.2.